The van der Waals surface area contributed by atoms with Crippen molar-refractivity contribution in [2.24, 2.45) is 0 Å². The molecule has 140 valence electrons. The van der Waals surface area contributed by atoms with Gasteiger partial charge >= 0.3 is 5.97 Å². The summed E-state index contributed by atoms with van der Waals surface area (Å²) in [5.41, 5.74) is 1.44. The zero-order valence-corrected chi connectivity index (χ0v) is 15.7. The van der Waals surface area contributed by atoms with Crippen molar-refractivity contribution in [3.8, 4) is 22.1 Å². The predicted molar refractivity (Wildman–Crippen MR) is 100 cm³/mol. The number of carbonyl (C=O) groups is 1. The molecule has 0 unspecified atom stereocenters. The molecule has 1 aromatic heterocycles. The Bertz CT molecular complexity index is 893. The molecule has 3 rings (SSSR count). The molecule has 5 nitrogen and oxygen atoms in total. The third-order valence-electron chi connectivity index (χ3n) is 3.71. The number of thiazole rings is 1. The molecule has 7 heteroatoms. The van der Waals surface area contributed by atoms with E-state index in [-0.39, 0.29) is 12.4 Å². The lowest BCUT2D eigenvalue weighted by atomic mass is 10.2. The monoisotopic (exact) mass is 387 g/mol. The van der Waals surface area contributed by atoms with Gasteiger partial charge in [0.1, 0.15) is 28.9 Å². The van der Waals surface area contributed by atoms with E-state index in [4.69, 9.17) is 14.2 Å². The zero-order valence-electron chi connectivity index (χ0n) is 14.8. The maximum atomic E-state index is 13.0. The second-order valence-corrected chi connectivity index (χ2v) is 6.55. The van der Waals surface area contributed by atoms with E-state index in [9.17, 15) is 9.18 Å². The lowest BCUT2D eigenvalue weighted by Gasteiger charge is -2.13. The van der Waals surface area contributed by atoms with Crippen molar-refractivity contribution in [3.63, 3.8) is 0 Å². The summed E-state index contributed by atoms with van der Waals surface area (Å²) in [7, 11) is 1.58. The number of benzene rings is 2. The summed E-state index contributed by atoms with van der Waals surface area (Å²) in [6.07, 6.45) is -0.756. The van der Waals surface area contributed by atoms with E-state index in [1.54, 1.807) is 55.8 Å². The van der Waals surface area contributed by atoms with Crippen molar-refractivity contribution in [3.05, 3.63) is 65.4 Å². The van der Waals surface area contributed by atoms with Crippen LogP contribution < -0.4 is 9.47 Å². The number of ether oxygens (including phenoxy) is 3. The van der Waals surface area contributed by atoms with Gasteiger partial charge in [0.15, 0.2) is 6.10 Å². The Morgan fingerprint density at radius 1 is 1.11 bits per heavy atom. The number of aromatic nitrogens is 1. The van der Waals surface area contributed by atoms with Crippen molar-refractivity contribution in [1.29, 1.82) is 0 Å². The highest BCUT2D eigenvalue weighted by Crippen LogP contribution is 2.24. The van der Waals surface area contributed by atoms with Crippen LogP contribution >= 0.6 is 11.3 Å². The molecular formula is C20H18FNO4S. The third-order valence-corrected chi connectivity index (χ3v) is 4.65. The van der Waals surface area contributed by atoms with E-state index < -0.39 is 12.1 Å². The number of rotatable bonds is 7. The summed E-state index contributed by atoms with van der Waals surface area (Å²) in [6.45, 7) is 1.67. The van der Waals surface area contributed by atoms with Gasteiger partial charge in [-0.15, -0.1) is 11.3 Å². The molecule has 0 N–H and O–H groups in total. The van der Waals surface area contributed by atoms with Gasteiger partial charge in [0.25, 0.3) is 0 Å². The molecule has 0 bridgehead atoms. The number of nitrogens with zero attached hydrogens (tertiary/aromatic N) is 1. The molecule has 0 aliphatic heterocycles. The number of esters is 1. The quantitative estimate of drug-likeness (QED) is 0.560. The molecule has 0 fully saturated rings. The lowest BCUT2D eigenvalue weighted by molar-refractivity contribution is -0.152. The van der Waals surface area contributed by atoms with Crippen LogP contribution in [-0.4, -0.2) is 24.2 Å². The number of halogens is 1. The molecule has 27 heavy (non-hydrogen) atoms. The van der Waals surface area contributed by atoms with Gasteiger partial charge in [-0.25, -0.2) is 14.2 Å². The van der Waals surface area contributed by atoms with Crippen LogP contribution in [0, 0.1) is 5.82 Å². The fraction of sp³-hybridized carbons (Fsp3) is 0.200. The molecule has 0 aliphatic carbocycles. The van der Waals surface area contributed by atoms with Crippen molar-refractivity contribution >= 4 is 17.3 Å². The van der Waals surface area contributed by atoms with Crippen molar-refractivity contribution in [1.82, 2.24) is 4.98 Å². The third kappa shape index (κ3) is 5.04. The Balaban J connectivity index is 1.53. The van der Waals surface area contributed by atoms with Crippen molar-refractivity contribution < 1.29 is 23.4 Å². The van der Waals surface area contributed by atoms with Gasteiger partial charge in [-0.2, -0.15) is 0 Å². The normalized spacial score (nSPS) is 11.7. The maximum absolute atomic E-state index is 13.0. The zero-order chi connectivity index (χ0) is 19.2. The highest BCUT2D eigenvalue weighted by Gasteiger charge is 2.17. The van der Waals surface area contributed by atoms with E-state index >= 15 is 0 Å². The Morgan fingerprint density at radius 2 is 1.78 bits per heavy atom. The van der Waals surface area contributed by atoms with Crippen LogP contribution in [0.25, 0.3) is 10.6 Å². The molecule has 0 amide bonds. The minimum absolute atomic E-state index is 0.0485. The van der Waals surface area contributed by atoms with Crippen LogP contribution in [0.5, 0.6) is 11.5 Å². The van der Waals surface area contributed by atoms with Gasteiger partial charge in [0.05, 0.1) is 12.8 Å². The van der Waals surface area contributed by atoms with Crippen LogP contribution in [0.4, 0.5) is 4.39 Å². The Morgan fingerprint density at radius 3 is 2.44 bits per heavy atom. The van der Waals surface area contributed by atoms with Gasteiger partial charge in [-0.05, 0) is 55.5 Å². The highest BCUT2D eigenvalue weighted by molar-refractivity contribution is 7.13. The second kappa shape index (κ2) is 8.64. The van der Waals surface area contributed by atoms with Gasteiger partial charge in [-0.1, -0.05) is 0 Å². The van der Waals surface area contributed by atoms with E-state index in [0.29, 0.717) is 17.2 Å². The standard InChI is InChI=1S/C20H18FNO4S/c1-13(26-18-9-7-17(24-2)8-10-18)20(23)25-11-16-12-27-19(22-16)14-3-5-15(21)6-4-14/h3-10,12-13H,11H2,1-2H3/t13-/m0/s1. The molecule has 1 atom stereocenters. The molecule has 0 radical (unpaired) electrons. The average Bonchev–Trinajstić information content (AvgIpc) is 3.16. The summed E-state index contributed by atoms with van der Waals surface area (Å²) in [4.78, 5) is 16.5. The molecule has 3 aromatic rings. The van der Waals surface area contributed by atoms with Crippen LogP contribution in [-0.2, 0) is 16.1 Å². The van der Waals surface area contributed by atoms with Crippen LogP contribution in [0.3, 0.4) is 0 Å². The molecule has 0 aliphatic rings. The molecule has 0 spiro atoms. The largest absolute Gasteiger partial charge is 0.497 e. The Kier molecular flexibility index (Phi) is 6.03. The second-order valence-electron chi connectivity index (χ2n) is 5.69. The van der Waals surface area contributed by atoms with Gasteiger partial charge in [-0.3, -0.25) is 0 Å². The van der Waals surface area contributed by atoms with E-state index in [0.717, 1.165) is 10.6 Å². The van der Waals surface area contributed by atoms with Crippen LogP contribution in [0.15, 0.2) is 53.9 Å². The first-order valence-electron chi connectivity index (χ1n) is 8.23. The van der Waals surface area contributed by atoms with Crippen LogP contribution in [0.2, 0.25) is 0 Å². The SMILES string of the molecule is COc1ccc(O[C@@H](C)C(=O)OCc2csc(-c3ccc(F)cc3)n2)cc1. The fourth-order valence-electron chi connectivity index (χ4n) is 2.27. The van der Waals surface area contributed by atoms with Gasteiger partial charge < -0.3 is 14.2 Å². The fourth-order valence-corrected chi connectivity index (χ4v) is 3.08. The molecule has 0 saturated carbocycles. The van der Waals surface area contributed by atoms with Gasteiger partial charge in [0.2, 0.25) is 0 Å². The Labute approximate surface area is 160 Å². The molecule has 0 saturated heterocycles. The number of hydrogen-bond acceptors (Lipinski definition) is 6. The molecule has 1 heterocycles. The topological polar surface area (TPSA) is 57.7 Å². The summed E-state index contributed by atoms with van der Waals surface area (Å²) in [5, 5.41) is 2.55. The van der Waals surface area contributed by atoms with Crippen LogP contribution in [0.1, 0.15) is 12.6 Å². The van der Waals surface area contributed by atoms with E-state index in [1.807, 2.05) is 0 Å². The smallest absolute Gasteiger partial charge is 0.347 e. The lowest BCUT2D eigenvalue weighted by Crippen LogP contribution is -2.26. The van der Waals surface area contributed by atoms with Crippen molar-refractivity contribution in [2.75, 3.05) is 7.11 Å². The van der Waals surface area contributed by atoms with E-state index in [2.05, 4.69) is 4.98 Å². The van der Waals surface area contributed by atoms with Gasteiger partial charge in [0, 0.05) is 10.9 Å². The summed E-state index contributed by atoms with van der Waals surface area (Å²) in [6, 6.07) is 13.0. The molecular weight excluding hydrogens is 369 g/mol. The number of carbonyl (C=O) groups excluding carboxylic acids is 1. The first kappa shape index (κ1) is 18.8. The summed E-state index contributed by atoms with van der Waals surface area (Å²) in [5.74, 6) is 0.475. The first-order chi connectivity index (χ1) is 13.0. The molecule has 2 aromatic carbocycles. The van der Waals surface area contributed by atoms with E-state index in [1.165, 1.54) is 23.5 Å². The van der Waals surface area contributed by atoms with Crippen molar-refractivity contribution in [2.45, 2.75) is 19.6 Å². The average molecular weight is 387 g/mol. The summed E-state index contributed by atoms with van der Waals surface area (Å²) < 4.78 is 28.9. The first-order valence-corrected chi connectivity index (χ1v) is 9.11. The minimum atomic E-state index is -0.756. The number of methoxy groups -OCH3 is 1. The highest BCUT2D eigenvalue weighted by atomic mass is 32.1. The Hall–Kier alpha value is -2.93. The number of hydrogen-bond donors (Lipinski definition) is 0. The summed E-state index contributed by atoms with van der Waals surface area (Å²) >= 11 is 1.41. The predicted octanol–water partition coefficient (Wildman–Crippen LogP) is 4.47. The minimum Gasteiger partial charge on any atom is -0.497 e. The maximum Gasteiger partial charge on any atom is 0.347 e.